The molecule has 0 aliphatic rings. The van der Waals surface area contributed by atoms with Gasteiger partial charge in [-0.2, -0.15) is 5.26 Å². The molecule has 0 atom stereocenters. The van der Waals surface area contributed by atoms with Gasteiger partial charge in [-0.1, -0.05) is 29.8 Å². The van der Waals surface area contributed by atoms with E-state index in [1.807, 2.05) is 44.2 Å². The minimum atomic E-state index is -0.623. The van der Waals surface area contributed by atoms with Gasteiger partial charge in [-0.05, 0) is 45.4 Å². The lowest BCUT2D eigenvalue weighted by molar-refractivity contribution is -0.112. The van der Waals surface area contributed by atoms with Gasteiger partial charge >= 0.3 is 5.97 Å². The number of nitrogens with zero attached hydrogens (tertiary/aromatic N) is 1. The molecule has 3 rings (SSSR count). The van der Waals surface area contributed by atoms with Crippen LogP contribution in [0.2, 0.25) is 0 Å². The number of carbonyl (C=O) groups excluding carboxylic acids is 2. The molecule has 0 spiro atoms. The van der Waals surface area contributed by atoms with Gasteiger partial charge in [0.05, 0.1) is 12.2 Å². The van der Waals surface area contributed by atoms with Crippen molar-refractivity contribution in [1.82, 2.24) is 0 Å². The highest BCUT2D eigenvalue weighted by molar-refractivity contribution is 7.16. The van der Waals surface area contributed by atoms with E-state index >= 15 is 0 Å². The van der Waals surface area contributed by atoms with E-state index in [2.05, 4.69) is 5.32 Å². The topological polar surface area (TPSA) is 92.3 Å². The predicted molar refractivity (Wildman–Crippen MR) is 121 cm³/mol. The van der Waals surface area contributed by atoms with Crippen LogP contribution in [0.1, 0.15) is 39.0 Å². The summed E-state index contributed by atoms with van der Waals surface area (Å²) in [6, 6.07) is 13.2. The first kappa shape index (κ1) is 22.1. The molecule has 3 aromatic rings. The van der Waals surface area contributed by atoms with Crippen LogP contribution >= 0.6 is 11.3 Å². The Balaban J connectivity index is 1.84. The summed E-state index contributed by atoms with van der Waals surface area (Å²) in [6.07, 6.45) is 1.38. The molecule has 0 fully saturated rings. The van der Waals surface area contributed by atoms with Crippen LogP contribution in [0.3, 0.4) is 0 Å². The summed E-state index contributed by atoms with van der Waals surface area (Å²) in [4.78, 5) is 25.9. The normalized spacial score (nSPS) is 11.1. The first-order valence-electron chi connectivity index (χ1n) is 9.71. The van der Waals surface area contributed by atoms with E-state index in [-0.39, 0.29) is 12.2 Å². The molecular weight excluding hydrogens is 412 g/mol. The van der Waals surface area contributed by atoms with Crippen molar-refractivity contribution in [1.29, 1.82) is 5.26 Å². The van der Waals surface area contributed by atoms with Crippen LogP contribution < -0.4 is 5.32 Å². The van der Waals surface area contributed by atoms with Crippen molar-refractivity contribution in [2.24, 2.45) is 0 Å². The van der Waals surface area contributed by atoms with Crippen LogP contribution in [0.25, 0.3) is 17.4 Å². The number of carbonyl (C=O) groups is 2. The van der Waals surface area contributed by atoms with Gasteiger partial charge in [-0.25, -0.2) is 4.79 Å². The van der Waals surface area contributed by atoms with Crippen LogP contribution in [-0.4, -0.2) is 18.5 Å². The molecule has 0 aliphatic carbocycles. The van der Waals surface area contributed by atoms with Gasteiger partial charge in [0, 0.05) is 16.5 Å². The Labute approximate surface area is 184 Å². The maximum atomic E-state index is 12.7. The van der Waals surface area contributed by atoms with Gasteiger partial charge in [0.2, 0.25) is 0 Å². The Hall–Kier alpha value is -3.63. The van der Waals surface area contributed by atoms with Crippen LogP contribution in [-0.2, 0) is 9.53 Å². The molecule has 1 aromatic carbocycles. The molecule has 2 heterocycles. The average Bonchev–Trinajstić information content (AvgIpc) is 3.31. The molecule has 0 unspecified atom stereocenters. The predicted octanol–water partition coefficient (Wildman–Crippen LogP) is 5.66. The molecule has 6 nitrogen and oxygen atoms in total. The van der Waals surface area contributed by atoms with E-state index in [0.29, 0.717) is 22.1 Å². The second-order valence-corrected chi connectivity index (χ2v) is 8.12. The standard InChI is InChI=1S/C24H22N2O4S/c1-5-29-24(28)21-15(3)16(4)31-23(21)26-22(27)18(13-25)12-19-10-11-20(30-19)17-8-6-14(2)7-9-17/h6-12H,5H2,1-4H3,(H,26,27)/b18-12+. The minimum Gasteiger partial charge on any atom is -0.462 e. The third kappa shape index (κ3) is 4.93. The Morgan fingerprint density at radius 3 is 2.52 bits per heavy atom. The van der Waals surface area contributed by atoms with Crippen molar-refractivity contribution in [3.63, 3.8) is 0 Å². The number of thiophene rings is 1. The number of nitrogens with one attached hydrogen (secondary N) is 1. The lowest BCUT2D eigenvalue weighted by Crippen LogP contribution is -2.16. The van der Waals surface area contributed by atoms with E-state index in [9.17, 15) is 14.9 Å². The number of nitriles is 1. The maximum absolute atomic E-state index is 12.7. The Morgan fingerprint density at radius 2 is 1.87 bits per heavy atom. The van der Waals surface area contributed by atoms with Crippen molar-refractivity contribution in [2.45, 2.75) is 27.7 Å². The number of furan rings is 1. The molecule has 0 saturated carbocycles. The third-order valence-electron chi connectivity index (χ3n) is 4.71. The summed E-state index contributed by atoms with van der Waals surface area (Å²) in [6.45, 7) is 7.60. The molecule has 0 radical (unpaired) electrons. The zero-order valence-corrected chi connectivity index (χ0v) is 18.6. The number of hydrogen-bond acceptors (Lipinski definition) is 6. The number of hydrogen-bond donors (Lipinski definition) is 1. The quantitative estimate of drug-likeness (QED) is 0.307. The fourth-order valence-electron chi connectivity index (χ4n) is 2.93. The van der Waals surface area contributed by atoms with Gasteiger partial charge in [0.1, 0.15) is 28.2 Å². The molecule has 0 aliphatic heterocycles. The molecule has 1 amide bonds. The van der Waals surface area contributed by atoms with Gasteiger partial charge in [0.15, 0.2) is 0 Å². The smallest absolute Gasteiger partial charge is 0.341 e. The van der Waals surface area contributed by atoms with Crippen molar-refractivity contribution < 1.29 is 18.7 Å². The summed E-state index contributed by atoms with van der Waals surface area (Å²) >= 11 is 1.27. The van der Waals surface area contributed by atoms with Gasteiger partial charge in [-0.15, -0.1) is 11.3 Å². The van der Waals surface area contributed by atoms with Gasteiger partial charge in [-0.3, -0.25) is 4.79 Å². The zero-order valence-electron chi connectivity index (χ0n) is 17.7. The first-order valence-corrected chi connectivity index (χ1v) is 10.5. The van der Waals surface area contributed by atoms with E-state index in [4.69, 9.17) is 9.15 Å². The van der Waals surface area contributed by atoms with Crippen molar-refractivity contribution >= 4 is 34.3 Å². The number of benzene rings is 1. The largest absolute Gasteiger partial charge is 0.462 e. The highest BCUT2D eigenvalue weighted by atomic mass is 32.1. The highest BCUT2D eigenvalue weighted by Crippen LogP contribution is 2.33. The summed E-state index contributed by atoms with van der Waals surface area (Å²) in [5.74, 6) is -0.108. The average molecular weight is 435 g/mol. The number of esters is 1. The summed E-state index contributed by atoms with van der Waals surface area (Å²) in [5.41, 5.74) is 2.96. The molecule has 0 bridgehead atoms. The number of aryl methyl sites for hydroxylation is 2. The summed E-state index contributed by atoms with van der Waals surface area (Å²) < 4.78 is 10.9. The summed E-state index contributed by atoms with van der Waals surface area (Å²) in [5, 5.41) is 12.5. The number of amides is 1. The Morgan fingerprint density at radius 1 is 1.16 bits per heavy atom. The fraction of sp³-hybridized carbons (Fsp3) is 0.208. The molecule has 31 heavy (non-hydrogen) atoms. The highest BCUT2D eigenvalue weighted by Gasteiger charge is 2.23. The Bertz CT molecular complexity index is 1190. The monoisotopic (exact) mass is 434 g/mol. The lowest BCUT2D eigenvalue weighted by Gasteiger charge is -2.06. The Kier molecular flexibility index (Phi) is 6.73. The first-order chi connectivity index (χ1) is 14.8. The molecule has 2 aromatic heterocycles. The van der Waals surface area contributed by atoms with E-state index in [1.165, 1.54) is 17.4 Å². The molecule has 1 N–H and O–H groups in total. The van der Waals surface area contributed by atoms with E-state index in [1.54, 1.807) is 26.0 Å². The fourth-order valence-corrected chi connectivity index (χ4v) is 3.97. The van der Waals surface area contributed by atoms with Crippen LogP contribution in [0.4, 0.5) is 5.00 Å². The second-order valence-electron chi connectivity index (χ2n) is 6.90. The number of rotatable bonds is 6. The molecule has 158 valence electrons. The molecule has 0 saturated heterocycles. The third-order valence-corrected chi connectivity index (χ3v) is 5.83. The van der Waals surface area contributed by atoms with Gasteiger partial charge in [0.25, 0.3) is 5.91 Å². The van der Waals surface area contributed by atoms with Crippen LogP contribution in [0.15, 0.2) is 46.4 Å². The minimum absolute atomic E-state index is 0.136. The van der Waals surface area contributed by atoms with Crippen LogP contribution in [0.5, 0.6) is 0 Å². The van der Waals surface area contributed by atoms with Crippen LogP contribution in [0, 0.1) is 32.1 Å². The number of anilines is 1. The zero-order chi connectivity index (χ0) is 22.5. The van der Waals surface area contributed by atoms with Crippen molar-refractivity contribution in [3.05, 3.63) is 69.3 Å². The second kappa shape index (κ2) is 9.45. The van der Waals surface area contributed by atoms with E-state index < -0.39 is 11.9 Å². The molecule has 7 heteroatoms. The maximum Gasteiger partial charge on any atom is 0.341 e. The number of ether oxygens (including phenoxy) is 1. The molecular formula is C24H22N2O4S. The van der Waals surface area contributed by atoms with Crippen molar-refractivity contribution in [3.8, 4) is 17.4 Å². The van der Waals surface area contributed by atoms with Crippen molar-refractivity contribution in [2.75, 3.05) is 11.9 Å². The van der Waals surface area contributed by atoms with E-state index in [0.717, 1.165) is 21.6 Å². The summed E-state index contributed by atoms with van der Waals surface area (Å²) in [7, 11) is 0. The lowest BCUT2D eigenvalue weighted by atomic mass is 10.1. The SMILES string of the molecule is CCOC(=O)c1c(NC(=O)/C(C#N)=C/c2ccc(-c3ccc(C)cc3)o2)sc(C)c1C. The van der Waals surface area contributed by atoms with Gasteiger partial charge < -0.3 is 14.5 Å².